The predicted octanol–water partition coefficient (Wildman–Crippen LogP) is 4.25. The summed E-state index contributed by atoms with van der Waals surface area (Å²) in [6.07, 6.45) is 1.32. The Morgan fingerprint density at radius 3 is 2.57 bits per heavy atom. The number of anilines is 1. The van der Waals surface area contributed by atoms with E-state index >= 15 is 0 Å². The van der Waals surface area contributed by atoms with E-state index in [1.165, 1.54) is 0 Å². The number of halogens is 1. The Morgan fingerprint density at radius 2 is 1.83 bits per heavy atom. The minimum absolute atomic E-state index is 0.0343. The Kier molecular flexibility index (Phi) is 6.13. The van der Waals surface area contributed by atoms with Crippen LogP contribution in [0.15, 0.2) is 48.5 Å². The van der Waals surface area contributed by atoms with E-state index < -0.39 is 0 Å². The van der Waals surface area contributed by atoms with Crippen LogP contribution in [0.1, 0.15) is 31.4 Å². The topological polar surface area (TPSA) is 61.9 Å². The first-order valence-electron chi connectivity index (χ1n) is 10.4. The van der Waals surface area contributed by atoms with E-state index in [0.29, 0.717) is 55.5 Å². The Morgan fingerprint density at radius 1 is 1.10 bits per heavy atom. The summed E-state index contributed by atoms with van der Waals surface area (Å²) in [7, 11) is 0. The molecule has 1 N–H and O–H groups in total. The van der Waals surface area contributed by atoms with Gasteiger partial charge in [-0.1, -0.05) is 41.9 Å². The highest BCUT2D eigenvalue weighted by Crippen LogP contribution is 2.35. The number of hydrogen-bond donors (Lipinski definition) is 1. The van der Waals surface area contributed by atoms with Crippen molar-refractivity contribution in [3.05, 3.63) is 59.1 Å². The zero-order chi connectivity index (χ0) is 21.1. The lowest BCUT2D eigenvalue weighted by Gasteiger charge is -2.37. The van der Waals surface area contributed by atoms with E-state index in [-0.39, 0.29) is 23.9 Å². The first kappa shape index (κ1) is 20.5. The fourth-order valence-corrected chi connectivity index (χ4v) is 4.22. The van der Waals surface area contributed by atoms with Crippen molar-refractivity contribution >= 4 is 29.2 Å². The number of urea groups is 1. The van der Waals surface area contributed by atoms with Crippen LogP contribution in [0.3, 0.4) is 0 Å². The number of carbonyl (C=O) groups is 2. The van der Waals surface area contributed by atoms with Gasteiger partial charge in [-0.15, -0.1) is 0 Å². The normalized spacial score (nSPS) is 17.7. The van der Waals surface area contributed by atoms with E-state index in [9.17, 15) is 9.59 Å². The summed E-state index contributed by atoms with van der Waals surface area (Å²) in [4.78, 5) is 29.4. The minimum atomic E-state index is -0.0772. The van der Waals surface area contributed by atoms with Crippen molar-refractivity contribution in [2.75, 3.05) is 31.1 Å². The average Bonchev–Trinajstić information content (AvgIpc) is 2.78. The highest BCUT2D eigenvalue weighted by molar-refractivity contribution is 6.31. The highest BCUT2D eigenvalue weighted by Gasteiger charge is 2.32. The average molecular weight is 428 g/mol. The van der Waals surface area contributed by atoms with Crippen molar-refractivity contribution in [1.29, 1.82) is 0 Å². The van der Waals surface area contributed by atoms with Gasteiger partial charge in [0.25, 0.3) is 0 Å². The van der Waals surface area contributed by atoms with Gasteiger partial charge in [0, 0.05) is 24.0 Å². The molecule has 0 aromatic heterocycles. The van der Waals surface area contributed by atoms with Gasteiger partial charge >= 0.3 is 6.03 Å². The number of benzene rings is 2. The van der Waals surface area contributed by atoms with Gasteiger partial charge in [0.15, 0.2) is 0 Å². The first-order valence-corrected chi connectivity index (χ1v) is 10.7. The van der Waals surface area contributed by atoms with Crippen LogP contribution in [0.25, 0.3) is 0 Å². The number of likely N-dealkylation sites (tertiary alicyclic amines) is 1. The lowest BCUT2D eigenvalue weighted by molar-refractivity contribution is -0.126. The summed E-state index contributed by atoms with van der Waals surface area (Å²) >= 11 is 6.12. The van der Waals surface area contributed by atoms with Gasteiger partial charge < -0.3 is 15.0 Å². The Labute approximate surface area is 181 Å². The maximum absolute atomic E-state index is 13.1. The van der Waals surface area contributed by atoms with Crippen LogP contribution in [0.4, 0.5) is 10.5 Å². The van der Waals surface area contributed by atoms with Crippen molar-refractivity contribution in [2.24, 2.45) is 5.92 Å². The highest BCUT2D eigenvalue weighted by atomic mass is 35.5. The van der Waals surface area contributed by atoms with Crippen molar-refractivity contribution < 1.29 is 14.3 Å². The zero-order valence-electron chi connectivity index (χ0n) is 17.0. The molecule has 1 fully saturated rings. The molecule has 0 bridgehead atoms. The molecule has 2 aliphatic rings. The van der Waals surface area contributed by atoms with Gasteiger partial charge in [0.2, 0.25) is 5.91 Å². The van der Waals surface area contributed by atoms with Gasteiger partial charge in [-0.3, -0.25) is 9.69 Å². The molecule has 7 heteroatoms. The molecule has 2 aromatic carbocycles. The summed E-state index contributed by atoms with van der Waals surface area (Å²) in [6, 6.07) is 15.2. The van der Waals surface area contributed by atoms with Crippen LogP contribution in [-0.2, 0) is 4.79 Å². The van der Waals surface area contributed by atoms with Crippen LogP contribution < -0.4 is 15.0 Å². The number of piperidine rings is 1. The van der Waals surface area contributed by atoms with Crippen molar-refractivity contribution in [1.82, 2.24) is 10.2 Å². The molecule has 0 unspecified atom stereocenters. The molecule has 0 radical (unpaired) electrons. The zero-order valence-corrected chi connectivity index (χ0v) is 17.8. The molecule has 1 atom stereocenters. The lowest BCUT2D eigenvalue weighted by atomic mass is 9.95. The second kappa shape index (κ2) is 8.96. The third-order valence-corrected chi connectivity index (χ3v) is 6.04. The number of hydrogen-bond acceptors (Lipinski definition) is 3. The second-order valence-corrected chi connectivity index (χ2v) is 8.23. The number of fused-ring (bicyclic) bond motifs is 1. The number of amides is 3. The number of ether oxygens (including phenoxy) is 1. The van der Waals surface area contributed by atoms with Crippen LogP contribution in [0.5, 0.6) is 5.75 Å². The maximum Gasteiger partial charge on any atom is 0.324 e. The number of nitrogens with one attached hydrogen (secondary N) is 1. The molecule has 2 aromatic rings. The molecule has 3 amide bonds. The van der Waals surface area contributed by atoms with Gasteiger partial charge in [0.1, 0.15) is 12.4 Å². The van der Waals surface area contributed by atoms with Crippen LogP contribution in [0.2, 0.25) is 5.02 Å². The van der Waals surface area contributed by atoms with E-state index in [0.717, 1.165) is 5.56 Å². The largest absolute Gasteiger partial charge is 0.490 e. The van der Waals surface area contributed by atoms with Gasteiger partial charge in [-0.2, -0.15) is 0 Å². The van der Waals surface area contributed by atoms with Crippen LogP contribution in [-0.4, -0.2) is 43.1 Å². The quantitative estimate of drug-likeness (QED) is 0.796. The molecule has 2 aliphatic heterocycles. The Bertz CT molecular complexity index is 913. The standard InChI is InChI=1S/C23H26ClN3O3/c1-16(17-5-3-2-4-6-17)25-22(28)18-9-11-26(12-10-18)23(29)27-13-14-30-21-8-7-19(24)15-20(21)27/h2-8,15-16,18H,9-14H2,1H3,(H,25,28)/t16-/m1/s1. The van der Waals surface area contributed by atoms with Crippen molar-refractivity contribution in [3.8, 4) is 5.75 Å². The SMILES string of the molecule is C[C@@H](NC(=O)C1CCN(C(=O)N2CCOc3ccc(Cl)cc32)CC1)c1ccccc1. The maximum atomic E-state index is 13.1. The van der Waals surface area contributed by atoms with Crippen molar-refractivity contribution in [3.63, 3.8) is 0 Å². The Balaban J connectivity index is 1.34. The second-order valence-electron chi connectivity index (χ2n) is 7.80. The molecule has 0 spiro atoms. The number of carbonyl (C=O) groups excluding carboxylic acids is 2. The molecule has 0 aliphatic carbocycles. The lowest BCUT2D eigenvalue weighted by Crippen LogP contribution is -2.50. The summed E-state index contributed by atoms with van der Waals surface area (Å²) < 4.78 is 5.64. The van der Waals surface area contributed by atoms with Gasteiger partial charge in [-0.25, -0.2) is 4.79 Å². The predicted molar refractivity (Wildman–Crippen MR) is 117 cm³/mol. The number of rotatable bonds is 3. The van der Waals surface area contributed by atoms with E-state index in [2.05, 4.69) is 5.32 Å². The van der Waals surface area contributed by atoms with Crippen LogP contribution >= 0.6 is 11.6 Å². The molecule has 4 rings (SSSR count). The van der Waals surface area contributed by atoms with E-state index in [1.807, 2.05) is 42.2 Å². The van der Waals surface area contributed by atoms with E-state index in [4.69, 9.17) is 16.3 Å². The molecular weight excluding hydrogens is 402 g/mol. The fraction of sp³-hybridized carbons (Fsp3) is 0.391. The molecule has 2 heterocycles. The third-order valence-electron chi connectivity index (χ3n) is 5.81. The fourth-order valence-electron chi connectivity index (χ4n) is 4.05. The molecule has 1 saturated heterocycles. The van der Waals surface area contributed by atoms with Crippen LogP contribution in [0, 0.1) is 5.92 Å². The van der Waals surface area contributed by atoms with Gasteiger partial charge in [-0.05, 0) is 43.5 Å². The summed E-state index contributed by atoms with van der Waals surface area (Å²) in [5.74, 6) is 0.650. The van der Waals surface area contributed by atoms with Crippen molar-refractivity contribution in [2.45, 2.75) is 25.8 Å². The monoisotopic (exact) mass is 427 g/mol. The summed E-state index contributed by atoms with van der Waals surface area (Å²) in [5.41, 5.74) is 1.79. The third kappa shape index (κ3) is 4.38. The molecule has 0 saturated carbocycles. The summed E-state index contributed by atoms with van der Waals surface area (Å²) in [5, 5.41) is 3.68. The first-order chi connectivity index (χ1) is 14.5. The molecule has 6 nitrogen and oxygen atoms in total. The smallest absolute Gasteiger partial charge is 0.324 e. The molecule has 30 heavy (non-hydrogen) atoms. The molecular formula is C23H26ClN3O3. The summed E-state index contributed by atoms with van der Waals surface area (Å²) in [6.45, 7) is 4.05. The molecule has 158 valence electrons. The van der Waals surface area contributed by atoms with E-state index in [1.54, 1.807) is 23.1 Å². The van der Waals surface area contributed by atoms with Gasteiger partial charge in [0.05, 0.1) is 18.3 Å². The number of nitrogens with zero attached hydrogens (tertiary/aromatic N) is 2. The minimum Gasteiger partial charge on any atom is -0.490 e. The Hall–Kier alpha value is -2.73.